The Morgan fingerprint density at radius 3 is 1.27 bits per heavy atom. The van der Waals surface area contributed by atoms with Gasteiger partial charge >= 0.3 is 5.97 Å². The summed E-state index contributed by atoms with van der Waals surface area (Å²) in [5, 5.41) is 37.5. The Morgan fingerprint density at radius 1 is 0.496 bits per heavy atom. The van der Waals surface area contributed by atoms with E-state index in [1.54, 1.807) is 59.1 Å². The standard InChI is InChI=1S/C42H46ClN7O6S.C24H32N2O5.C19H17ClN4O2S.2CH4/c1-24-25(2)57-42-35(24)37(27-15-17-28(43)18-16-27)45-30(38-48-47-26(3)49(38)42)23-34(52)44-21-10-8-6-4-5-7-9-11-22-56-32-14-12-13-29-36(32)41(55)50(40(29)54)31-19-20-33(51)46-39(31)53;1-2-3-4-5-6-7-8-9-10-16-31-19-13-11-12-17-21(19)24(30)26(23(17)29)18-14-15-20(27)25-22(18)28;1-9-10(2)27-19-16(9)17(12-4-6-13(20)7-5-12)21-14(8-15(25)26)18-23-22-11(3)24(18)19;;/h12-18,30-31H,4-11,19-23H2,1-3H3,(H,44,52)(H,46,51,53);11-13,18H,2-10,14-16H2,1H3,(H,25,27,28);4-7,14H,8H2,1-3H3,(H,25,26);2*1H4/t30-,31?;;14-;;/m0.0../s1. The molecule has 4 atom stereocenters. The monoisotopic (exact) mass is 1670 g/mol. The van der Waals surface area contributed by atoms with Gasteiger partial charge in [0.05, 0.1) is 59.7 Å². The van der Waals surface area contributed by atoms with Crippen LogP contribution in [0.2, 0.25) is 10.0 Å². The number of piperidine rings is 2. The number of nitrogens with zero attached hydrogens (tertiary/aromatic N) is 10. The summed E-state index contributed by atoms with van der Waals surface area (Å²) < 4.78 is 15.8. The van der Waals surface area contributed by atoms with Gasteiger partial charge in [0.25, 0.3) is 23.6 Å². The van der Waals surface area contributed by atoms with Crippen molar-refractivity contribution in [2.24, 2.45) is 9.98 Å². The number of aryl methyl sites for hydroxylation is 4. The lowest BCUT2D eigenvalue weighted by atomic mass is 9.99. The van der Waals surface area contributed by atoms with Gasteiger partial charge in [-0.15, -0.1) is 43.1 Å². The number of unbranched alkanes of at least 4 members (excludes halogenated alkanes) is 15. The zero-order valence-corrected chi connectivity index (χ0v) is 68.8. The number of carboxylic acid groups (broad SMARTS) is 1. The number of aliphatic carboxylic acids is 1. The molecular weight excluding hydrogens is 1570 g/mol. The molecule has 10 heterocycles. The Morgan fingerprint density at radius 2 is 0.880 bits per heavy atom. The first kappa shape index (κ1) is 88.9. The Kier molecular flexibility index (Phi) is 30.9. The van der Waals surface area contributed by atoms with Crippen LogP contribution >= 0.6 is 45.9 Å². The highest BCUT2D eigenvalue weighted by Crippen LogP contribution is 2.43. The van der Waals surface area contributed by atoms with Gasteiger partial charge in [-0.25, -0.2) is 0 Å². The molecule has 0 spiro atoms. The van der Waals surface area contributed by atoms with Gasteiger partial charge in [-0.2, -0.15) is 0 Å². The first-order valence-electron chi connectivity index (χ1n) is 39.6. The predicted octanol–water partition coefficient (Wildman–Crippen LogP) is 16.5. The van der Waals surface area contributed by atoms with Crippen molar-refractivity contribution in [1.82, 2.24) is 55.3 Å². The number of benzene rings is 4. The minimum Gasteiger partial charge on any atom is -0.493 e. The summed E-state index contributed by atoms with van der Waals surface area (Å²) in [6, 6.07) is 21.9. The van der Waals surface area contributed by atoms with Crippen LogP contribution in [0.5, 0.6) is 11.5 Å². The third-order valence-electron chi connectivity index (χ3n) is 21.5. The van der Waals surface area contributed by atoms with E-state index < -0.39 is 71.5 Å². The number of fused-ring (bicyclic) bond motifs is 8. The average Bonchev–Trinajstić information content (AvgIpc) is 1.62. The van der Waals surface area contributed by atoms with Gasteiger partial charge in [0.2, 0.25) is 29.5 Å². The average molecular weight is 1670 g/mol. The van der Waals surface area contributed by atoms with Crippen LogP contribution in [0.3, 0.4) is 0 Å². The number of carbonyl (C=O) groups is 10. The lowest BCUT2D eigenvalue weighted by molar-refractivity contribution is -0.138. The number of amides is 9. The summed E-state index contributed by atoms with van der Waals surface area (Å²) in [7, 11) is 0. The molecule has 0 radical (unpaired) electrons. The molecule has 0 saturated carbocycles. The molecule has 14 rings (SSSR count). The quantitative estimate of drug-likeness (QED) is 0.0232. The molecule has 4 N–H and O–H groups in total. The number of carbonyl (C=O) groups excluding carboxylic acids is 9. The molecule has 4 aromatic carbocycles. The van der Waals surface area contributed by atoms with Crippen LogP contribution < -0.4 is 25.4 Å². The maximum atomic E-state index is 13.3. The zero-order valence-electron chi connectivity index (χ0n) is 65.7. The first-order valence-corrected chi connectivity index (χ1v) is 42.0. The van der Waals surface area contributed by atoms with Gasteiger partial charge in [-0.3, -0.25) is 87.5 Å². The molecule has 2 saturated heterocycles. The molecule has 0 bridgehead atoms. The molecule has 8 aromatic rings. The molecule has 9 amide bonds. The fourth-order valence-electron chi connectivity index (χ4n) is 15.2. The van der Waals surface area contributed by atoms with Crippen LogP contribution in [-0.4, -0.2) is 147 Å². The summed E-state index contributed by atoms with van der Waals surface area (Å²) >= 11 is 15.6. The Balaban J connectivity index is 0.000000202. The van der Waals surface area contributed by atoms with Crippen molar-refractivity contribution >= 4 is 116 Å². The van der Waals surface area contributed by atoms with Crippen molar-refractivity contribution in [1.29, 1.82) is 0 Å². The number of ether oxygens (including phenoxy) is 2. The Bertz CT molecular complexity index is 5100. The van der Waals surface area contributed by atoms with E-state index in [2.05, 4.69) is 75.5 Å². The molecule has 4 aromatic heterocycles. The molecule has 6 aliphatic heterocycles. The van der Waals surface area contributed by atoms with E-state index in [0.29, 0.717) is 53.0 Å². The number of imide groups is 4. The summed E-state index contributed by atoms with van der Waals surface area (Å²) in [5.74, 6) is -1.80. The van der Waals surface area contributed by atoms with Gasteiger partial charge in [0, 0.05) is 61.4 Å². The second kappa shape index (κ2) is 40.6. The molecular formula is C87H103Cl2N13O13S2. The number of halogens is 2. The molecule has 117 heavy (non-hydrogen) atoms. The smallest absolute Gasteiger partial charge is 0.306 e. The third kappa shape index (κ3) is 20.2. The van der Waals surface area contributed by atoms with E-state index in [4.69, 9.17) is 42.7 Å². The summed E-state index contributed by atoms with van der Waals surface area (Å²) in [6.07, 6.45) is 19.2. The number of thiophene rings is 2. The van der Waals surface area contributed by atoms with E-state index in [9.17, 15) is 53.1 Å². The van der Waals surface area contributed by atoms with Crippen molar-refractivity contribution in [3.8, 4) is 21.5 Å². The zero-order chi connectivity index (χ0) is 81.7. The highest BCUT2D eigenvalue weighted by Gasteiger charge is 2.48. The third-order valence-corrected chi connectivity index (χ3v) is 24.4. The Labute approximate surface area is 700 Å². The molecule has 6 aliphatic rings. The summed E-state index contributed by atoms with van der Waals surface area (Å²) in [5.41, 5.74) is 8.57. The largest absolute Gasteiger partial charge is 0.493 e. The van der Waals surface area contributed by atoms with E-state index >= 15 is 0 Å². The van der Waals surface area contributed by atoms with Gasteiger partial charge in [-0.1, -0.05) is 171 Å². The van der Waals surface area contributed by atoms with E-state index in [-0.39, 0.29) is 87.4 Å². The highest BCUT2D eigenvalue weighted by molar-refractivity contribution is 7.15. The van der Waals surface area contributed by atoms with Gasteiger partial charge in [-0.05, 0) is 133 Å². The molecule has 620 valence electrons. The lowest BCUT2D eigenvalue weighted by Gasteiger charge is -2.27. The fraction of sp³-hybridized carbons (Fsp3) is 0.448. The molecule has 30 heteroatoms. The van der Waals surface area contributed by atoms with Crippen molar-refractivity contribution in [2.45, 2.75) is 235 Å². The molecule has 26 nitrogen and oxygen atoms in total. The second-order valence-corrected chi connectivity index (χ2v) is 32.8. The summed E-state index contributed by atoms with van der Waals surface area (Å²) in [4.78, 5) is 139. The van der Waals surface area contributed by atoms with Crippen LogP contribution in [-0.2, 0) is 28.8 Å². The fourth-order valence-corrected chi connectivity index (χ4v) is 17.9. The van der Waals surface area contributed by atoms with E-state index in [0.717, 1.165) is 140 Å². The molecule has 2 fully saturated rings. The minimum atomic E-state index is -1.01. The van der Waals surface area contributed by atoms with E-state index in [1.165, 1.54) is 54.7 Å². The number of carboxylic acids is 1. The Hall–Kier alpha value is -10.4. The van der Waals surface area contributed by atoms with Gasteiger partial charge in [0.15, 0.2) is 11.6 Å². The topological polar surface area (TPSA) is 338 Å². The maximum absolute atomic E-state index is 13.3. The maximum Gasteiger partial charge on any atom is 0.306 e. The van der Waals surface area contributed by atoms with Crippen LogP contribution in [0.25, 0.3) is 10.0 Å². The normalized spacial score (nSPS) is 17.0. The predicted molar refractivity (Wildman–Crippen MR) is 451 cm³/mol. The van der Waals surface area contributed by atoms with Crippen LogP contribution in [0, 0.1) is 41.5 Å². The number of rotatable bonds is 31. The second-order valence-electron chi connectivity index (χ2n) is 29.6. The number of aromatic nitrogens is 6. The van der Waals surface area contributed by atoms with E-state index in [1.807, 2.05) is 66.9 Å². The number of aliphatic imine (C=N–C) groups is 2. The number of hydrogen-bond acceptors (Lipinski definition) is 20. The summed E-state index contributed by atoms with van der Waals surface area (Å²) in [6.45, 7) is 15.8. The highest BCUT2D eigenvalue weighted by atomic mass is 35.5. The number of hydrogen-bond donors (Lipinski definition) is 4. The van der Waals surface area contributed by atoms with Crippen molar-refractivity contribution in [3.05, 3.63) is 184 Å². The molecule has 2 unspecified atom stereocenters. The van der Waals surface area contributed by atoms with Crippen LogP contribution in [0.1, 0.15) is 289 Å². The van der Waals surface area contributed by atoms with Gasteiger partial charge in [0.1, 0.15) is 57.3 Å². The van der Waals surface area contributed by atoms with Crippen molar-refractivity contribution in [3.63, 3.8) is 0 Å². The molecule has 0 aliphatic carbocycles. The van der Waals surface area contributed by atoms with Crippen molar-refractivity contribution in [2.75, 3.05) is 19.8 Å². The lowest BCUT2D eigenvalue weighted by Crippen LogP contribution is -2.54. The van der Waals surface area contributed by atoms with Crippen molar-refractivity contribution < 1.29 is 62.5 Å². The SMILES string of the molecule is C.C.CCCCCCCCCCCOc1cccc2c1C(=O)N(C1CCC(=O)NC1=O)C2=O.Cc1sc2c(c1C)C(c1ccc(Cl)cc1)=N[C@@H](CC(=O)NCCCCCCCCCCOc1cccc3c1C(=O)N(C1CCC(=O)NC1=O)C3=O)c1nnc(C)n1-2.Cc1sc2c(c1C)C(c1ccc(Cl)cc1)=N[C@@H](CC(=O)O)c1nnc(C)n1-2. The number of nitrogens with one attached hydrogen (secondary N) is 3. The van der Waals surface area contributed by atoms with Crippen LogP contribution in [0.4, 0.5) is 0 Å². The first-order chi connectivity index (χ1) is 55.4. The van der Waals surface area contributed by atoms with Gasteiger partial charge < -0.3 is 19.9 Å². The van der Waals surface area contributed by atoms with Crippen LogP contribution in [0.15, 0.2) is 94.9 Å². The minimum absolute atomic E-state index is 0.